The van der Waals surface area contributed by atoms with Gasteiger partial charge in [0.2, 0.25) is 11.7 Å². The molecule has 5 rings (SSSR count). The predicted molar refractivity (Wildman–Crippen MR) is 97.9 cm³/mol. The van der Waals surface area contributed by atoms with Crippen LogP contribution in [0.25, 0.3) is 22.5 Å². The molecule has 1 fully saturated rings. The van der Waals surface area contributed by atoms with E-state index in [4.69, 9.17) is 8.94 Å². The Morgan fingerprint density at radius 2 is 1.65 bits per heavy atom. The maximum Gasteiger partial charge on any atom is 0.298 e. The van der Waals surface area contributed by atoms with E-state index in [2.05, 4.69) is 20.0 Å². The van der Waals surface area contributed by atoms with Crippen LogP contribution in [-0.4, -0.2) is 28.2 Å². The first kappa shape index (κ1) is 15.1. The monoisotopic (exact) mass is 346 g/mol. The lowest BCUT2D eigenvalue weighted by Gasteiger charge is -2.28. The van der Waals surface area contributed by atoms with Crippen LogP contribution in [0.1, 0.15) is 24.7 Å². The van der Waals surface area contributed by atoms with E-state index in [1.54, 1.807) is 0 Å². The molecule has 0 atom stereocenters. The number of aromatic nitrogens is 3. The minimum absolute atomic E-state index is 0.278. The van der Waals surface area contributed by atoms with Crippen molar-refractivity contribution in [3.05, 3.63) is 60.5 Å². The van der Waals surface area contributed by atoms with E-state index < -0.39 is 0 Å². The maximum absolute atomic E-state index is 5.87. The number of oxazole rings is 1. The molecule has 1 aliphatic rings. The van der Waals surface area contributed by atoms with Crippen LogP contribution in [-0.2, 0) is 0 Å². The molecule has 0 N–H and O–H groups in total. The lowest BCUT2D eigenvalue weighted by atomic mass is 9.97. The van der Waals surface area contributed by atoms with Crippen LogP contribution in [0, 0.1) is 0 Å². The zero-order valence-corrected chi connectivity index (χ0v) is 14.2. The van der Waals surface area contributed by atoms with E-state index in [0.717, 1.165) is 48.5 Å². The minimum Gasteiger partial charge on any atom is -0.423 e. The molecule has 6 heteroatoms. The van der Waals surface area contributed by atoms with Gasteiger partial charge in [0.15, 0.2) is 5.58 Å². The normalized spacial score (nSPS) is 15.6. The van der Waals surface area contributed by atoms with Gasteiger partial charge in [-0.15, -0.1) is 0 Å². The molecule has 0 aliphatic carbocycles. The quantitative estimate of drug-likeness (QED) is 0.552. The Hall–Kier alpha value is -3.15. The SMILES string of the molecule is c1ccc(-c2noc(C3CCN(c4nc5ccccc5o4)CC3)n2)cc1. The maximum atomic E-state index is 5.87. The molecule has 130 valence electrons. The van der Waals surface area contributed by atoms with Gasteiger partial charge in [-0.25, -0.2) is 0 Å². The number of nitrogens with zero attached hydrogens (tertiary/aromatic N) is 4. The van der Waals surface area contributed by atoms with E-state index in [-0.39, 0.29) is 5.92 Å². The summed E-state index contributed by atoms with van der Waals surface area (Å²) < 4.78 is 11.4. The second-order valence-electron chi connectivity index (χ2n) is 6.55. The molecule has 0 saturated carbocycles. The zero-order chi connectivity index (χ0) is 17.3. The van der Waals surface area contributed by atoms with Crippen molar-refractivity contribution in [2.45, 2.75) is 18.8 Å². The lowest BCUT2D eigenvalue weighted by molar-refractivity contribution is 0.326. The summed E-state index contributed by atoms with van der Waals surface area (Å²) in [4.78, 5) is 11.4. The van der Waals surface area contributed by atoms with Gasteiger partial charge in [-0.05, 0) is 25.0 Å². The Kier molecular flexibility index (Phi) is 3.66. The average Bonchev–Trinajstić information content (AvgIpc) is 3.36. The summed E-state index contributed by atoms with van der Waals surface area (Å²) in [6.45, 7) is 1.72. The van der Waals surface area contributed by atoms with Crippen molar-refractivity contribution >= 4 is 17.1 Å². The van der Waals surface area contributed by atoms with Crippen LogP contribution in [0.4, 0.5) is 6.01 Å². The second-order valence-corrected chi connectivity index (χ2v) is 6.55. The highest BCUT2D eigenvalue weighted by molar-refractivity contribution is 5.74. The van der Waals surface area contributed by atoms with Gasteiger partial charge in [0.1, 0.15) is 5.52 Å². The summed E-state index contributed by atoms with van der Waals surface area (Å²) in [7, 11) is 0. The van der Waals surface area contributed by atoms with E-state index in [1.807, 2.05) is 54.6 Å². The van der Waals surface area contributed by atoms with Crippen LogP contribution in [0.15, 0.2) is 63.5 Å². The number of benzene rings is 2. The third kappa shape index (κ3) is 2.73. The topological polar surface area (TPSA) is 68.2 Å². The number of rotatable bonds is 3. The summed E-state index contributed by atoms with van der Waals surface area (Å²) >= 11 is 0. The number of fused-ring (bicyclic) bond motifs is 1. The number of hydrogen-bond donors (Lipinski definition) is 0. The van der Waals surface area contributed by atoms with Gasteiger partial charge < -0.3 is 13.8 Å². The van der Waals surface area contributed by atoms with Crippen molar-refractivity contribution in [3.63, 3.8) is 0 Å². The van der Waals surface area contributed by atoms with Crippen molar-refractivity contribution in [2.75, 3.05) is 18.0 Å². The van der Waals surface area contributed by atoms with E-state index in [0.29, 0.717) is 11.8 Å². The summed E-state index contributed by atoms with van der Waals surface area (Å²) in [6, 6.07) is 18.5. The number of anilines is 1. The molecular formula is C20H18N4O2. The molecular weight excluding hydrogens is 328 g/mol. The lowest BCUT2D eigenvalue weighted by Crippen LogP contribution is -2.33. The standard InChI is InChI=1S/C20H18N4O2/c1-2-6-14(7-3-1)18-22-19(26-23-18)15-10-12-24(13-11-15)20-21-16-8-4-5-9-17(16)25-20/h1-9,15H,10-13H2. The van der Waals surface area contributed by atoms with Crippen LogP contribution in [0.5, 0.6) is 0 Å². The molecule has 1 aliphatic heterocycles. The Balaban J connectivity index is 1.29. The summed E-state index contributed by atoms with van der Waals surface area (Å²) in [5.41, 5.74) is 2.70. The van der Waals surface area contributed by atoms with Crippen LogP contribution in [0.3, 0.4) is 0 Å². The number of piperidine rings is 1. The molecule has 4 aromatic rings. The first-order valence-electron chi connectivity index (χ1n) is 8.86. The highest BCUT2D eigenvalue weighted by Gasteiger charge is 2.27. The van der Waals surface area contributed by atoms with Gasteiger partial charge in [-0.2, -0.15) is 9.97 Å². The van der Waals surface area contributed by atoms with Gasteiger partial charge in [0.05, 0.1) is 0 Å². The first-order chi connectivity index (χ1) is 12.9. The molecule has 2 aromatic heterocycles. The number of hydrogen-bond acceptors (Lipinski definition) is 6. The predicted octanol–water partition coefficient (Wildman–Crippen LogP) is 4.26. The molecule has 6 nitrogen and oxygen atoms in total. The smallest absolute Gasteiger partial charge is 0.298 e. The van der Waals surface area contributed by atoms with E-state index in [9.17, 15) is 0 Å². The van der Waals surface area contributed by atoms with Gasteiger partial charge in [0.25, 0.3) is 6.01 Å². The highest BCUT2D eigenvalue weighted by atomic mass is 16.5. The fraction of sp³-hybridized carbons (Fsp3) is 0.250. The molecule has 0 spiro atoms. The van der Waals surface area contributed by atoms with Crippen molar-refractivity contribution in [1.29, 1.82) is 0 Å². The Morgan fingerprint density at radius 1 is 0.885 bits per heavy atom. The van der Waals surface area contributed by atoms with E-state index in [1.165, 1.54) is 0 Å². The Morgan fingerprint density at radius 3 is 2.46 bits per heavy atom. The average molecular weight is 346 g/mol. The van der Waals surface area contributed by atoms with Gasteiger partial charge in [-0.1, -0.05) is 47.6 Å². The number of para-hydroxylation sites is 2. The highest BCUT2D eigenvalue weighted by Crippen LogP contribution is 2.31. The molecule has 0 bridgehead atoms. The zero-order valence-electron chi connectivity index (χ0n) is 14.2. The molecule has 2 aromatic carbocycles. The van der Waals surface area contributed by atoms with Crippen molar-refractivity contribution in [1.82, 2.24) is 15.1 Å². The largest absolute Gasteiger partial charge is 0.423 e. The summed E-state index contributed by atoms with van der Waals surface area (Å²) in [5, 5.41) is 4.14. The third-order valence-electron chi connectivity index (χ3n) is 4.87. The molecule has 0 unspecified atom stereocenters. The van der Waals surface area contributed by atoms with Crippen molar-refractivity contribution in [2.24, 2.45) is 0 Å². The van der Waals surface area contributed by atoms with Crippen LogP contribution in [0.2, 0.25) is 0 Å². The fourth-order valence-electron chi connectivity index (χ4n) is 3.42. The van der Waals surface area contributed by atoms with Gasteiger partial charge in [-0.3, -0.25) is 0 Å². The molecule has 1 saturated heterocycles. The fourth-order valence-corrected chi connectivity index (χ4v) is 3.42. The summed E-state index contributed by atoms with van der Waals surface area (Å²) in [6.07, 6.45) is 1.88. The van der Waals surface area contributed by atoms with Crippen LogP contribution < -0.4 is 4.90 Å². The molecule has 26 heavy (non-hydrogen) atoms. The van der Waals surface area contributed by atoms with Crippen LogP contribution >= 0.6 is 0 Å². The van der Waals surface area contributed by atoms with Gasteiger partial charge in [0, 0.05) is 24.6 Å². The summed E-state index contributed by atoms with van der Waals surface area (Å²) in [5.74, 6) is 1.66. The molecule has 0 amide bonds. The third-order valence-corrected chi connectivity index (χ3v) is 4.87. The Bertz CT molecular complexity index is 983. The molecule has 3 heterocycles. The second kappa shape index (κ2) is 6.29. The minimum atomic E-state index is 0.278. The Labute approximate surface area is 150 Å². The first-order valence-corrected chi connectivity index (χ1v) is 8.86. The van der Waals surface area contributed by atoms with Crippen molar-refractivity contribution < 1.29 is 8.94 Å². The van der Waals surface area contributed by atoms with Gasteiger partial charge >= 0.3 is 0 Å². The van der Waals surface area contributed by atoms with E-state index >= 15 is 0 Å². The molecule has 0 radical (unpaired) electrons. The van der Waals surface area contributed by atoms with Crippen molar-refractivity contribution in [3.8, 4) is 11.4 Å².